The zero-order valence-corrected chi connectivity index (χ0v) is 12.2. The number of fused-ring (bicyclic) bond motifs is 1. The van der Waals surface area contributed by atoms with E-state index in [-0.39, 0.29) is 0 Å². The van der Waals surface area contributed by atoms with Gasteiger partial charge < -0.3 is 5.73 Å². The van der Waals surface area contributed by atoms with Crippen molar-refractivity contribution in [3.05, 3.63) is 67.3 Å². The van der Waals surface area contributed by atoms with Gasteiger partial charge >= 0.3 is 0 Å². The van der Waals surface area contributed by atoms with Crippen molar-refractivity contribution in [2.75, 3.05) is 5.73 Å². The quantitative estimate of drug-likeness (QED) is 0.614. The summed E-state index contributed by atoms with van der Waals surface area (Å²) in [5.41, 5.74) is 10.2. The first-order valence-corrected chi connectivity index (χ1v) is 7.19. The van der Waals surface area contributed by atoms with Crippen LogP contribution in [0.25, 0.3) is 33.4 Å². The molecule has 5 heteroatoms. The topological polar surface area (TPSA) is 77.6 Å². The Bertz CT molecular complexity index is 983. The second-order valence-corrected chi connectivity index (χ2v) is 5.14. The maximum atomic E-state index is 5.83. The van der Waals surface area contributed by atoms with E-state index in [4.69, 9.17) is 5.73 Å². The van der Waals surface area contributed by atoms with E-state index in [0.717, 1.165) is 33.4 Å². The number of nitrogens with zero attached hydrogens (tertiary/aromatic N) is 4. The van der Waals surface area contributed by atoms with E-state index < -0.39 is 0 Å². The molecule has 0 aliphatic rings. The van der Waals surface area contributed by atoms with Crippen LogP contribution in [0.15, 0.2) is 67.3 Å². The number of aromatic nitrogens is 4. The third kappa shape index (κ3) is 2.48. The van der Waals surface area contributed by atoms with E-state index in [1.807, 2.05) is 36.4 Å². The molecule has 3 aromatic heterocycles. The van der Waals surface area contributed by atoms with Crippen LogP contribution in [0, 0.1) is 0 Å². The average Bonchev–Trinajstić information content (AvgIpc) is 2.62. The minimum absolute atomic E-state index is 0.392. The first-order valence-electron chi connectivity index (χ1n) is 7.19. The van der Waals surface area contributed by atoms with E-state index in [2.05, 4.69) is 26.0 Å². The molecule has 0 unspecified atom stereocenters. The first kappa shape index (κ1) is 13.3. The van der Waals surface area contributed by atoms with Crippen molar-refractivity contribution in [3.63, 3.8) is 0 Å². The van der Waals surface area contributed by atoms with Crippen LogP contribution in [0.2, 0.25) is 0 Å². The minimum Gasteiger partial charge on any atom is -0.382 e. The van der Waals surface area contributed by atoms with Crippen LogP contribution in [0.4, 0.5) is 5.82 Å². The molecule has 2 N–H and O–H groups in total. The second-order valence-electron chi connectivity index (χ2n) is 5.14. The zero-order chi connectivity index (χ0) is 15.6. The van der Waals surface area contributed by atoms with Crippen LogP contribution in [0.5, 0.6) is 0 Å². The lowest BCUT2D eigenvalue weighted by atomic mass is 10.0. The number of nitrogen functional groups attached to an aromatic ring is 1. The van der Waals surface area contributed by atoms with Crippen LogP contribution >= 0.6 is 0 Å². The highest BCUT2D eigenvalue weighted by atomic mass is 14.9. The number of pyridine rings is 2. The van der Waals surface area contributed by atoms with Gasteiger partial charge in [0.2, 0.25) is 0 Å². The predicted molar refractivity (Wildman–Crippen MR) is 90.4 cm³/mol. The standard InChI is InChI=1S/C18H13N5/c19-16-11-22-17(18(23-16)12-5-8-20-9-6-12)14-3-4-15-13(10-14)2-1-7-21-15/h1-11H,(H2,19,23). The SMILES string of the molecule is Nc1cnc(-c2ccc3ncccc3c2)c(-c2ccncc2)n1. The van der Waals surface area contributed by atoms with Crippen LogP contribution in [0.1, 0.15) is 0 Å². The summed E-state index contributed by atoms with van der Waals surface area (Å²) in [7, 11) is 0. The van der Waals surface area contributed by atoms with Crippen molar-refractivity contribution >= 4 is 16.7 Å². The highest BCUT2D eigenvalue weighted by Crippen LogP contribution is 2.30. The van der Waals surface area contributed by atoms with Gasteiger partial charge in [0, 0.05) is 35.1 Å². The molecule has 0 aliphatic heterocycles. The Kier molecular flexibility index (Phi) is 3.16. The number of rotatable bonds is 2. The van der Waals surface area contributed by atoms with Gasteiger partial charge in [-0.3, -0.25) is 15.0 Å². The van der Waals surface area contributed by atoms with Crippen LogP contribution < -0.4 is 5.73 Å². The Morgan fingerprint density at radius 2 is 1.65 bits per heavy atom. The molecule has 3 heterocycles. The van der Waals surface area contributed by atoms with Gasteiger partial charge in [-0.15, -0.1) is 0 Å². The van der Waals surface area contributed by atoms with Crippen molar-refractivity contribution in [1.82, 2.24) is 19.9 Å². The summed E-state index contributed by atoms with van der Waals surface area (Å²) in [6.45, 7) is 0. The number of hydrogen-bond donors (Lipinski definition) is 1. The molecule has 0 saturated carbocycles. The summed E-state index contributed by atoms with van der Waals surface area (Å²) in [5, 5.41) is 1.06. The highest BCUT2D eigenvalue weighted by Gasteiger charge is 2.12. The molecule has 0 fully saturated rings. The molecule has 5 nitrogen and oxygen atoms in total. The van der Waals surface area contributed by atoms with Gasteiger partial charge in [0.05, 0.1) is 23.1 Å². The average molecular weight is 299 g/mol. The molecule has 0 aliphatic carbocycles. The Morgan fingerprint density at radius 1 is 0.783 bits per heavy atom. The van der Waals surface area contributed by atoms with Crippen LogP contribution in [0.3, 0.4) is 0 Å². The molecule has 0 radical (unpaired) electrons. The summed E-state index contributed by atoms with van der Waals surface area (Å²) in [6, 6.07) is 13.8. The van der Waals surface area contributed by atoms with Crippen molar-refractivity contribution < 1.29 is 0 Å². The minimum atomic E-state index is 0.392. The number of anilines is 1. The normalized spacial score (nSPS) is 10.8. The summed E-state index contributed by atoms with van der Waals surface area (Å²) in [4.78, 5) is 17.4. The maximum Gasteiger partial charge on any atom is 0.142 e. The van der Waals surface area contributed by atoms with E-state index in [1.54, 1.807) is 24.8 Å². The lowest BCUT2D eigenvalue weighted by Crippen LogP contribution is -1.98. The summed E-state index contributed by atoms with van der Waals surface area (Å²) >= 11 is 0. The molecule has 0 saturated heterocycles. The third-order valence-corrected chi connectivity index (χ3v) is 3.62. The largest absolute Gasteiger partial charge is 0.382 e. The van der Waals surface area contributed by atoms with E-state index >= 15 is 0 Å². The number of hydrogen-bond acceptors (Lipinski definition) is 5. The third-order valence-electron chi connectivity index (χ3n) is 3.62. The molecule has 4 rings (SSSR count). The number of benzene rings is 1. The van der Waals surface area contributed by atoms with Gasteiger partial charge in [0.1, 0.15) is 5.82 Å². The zero-order valence-electron chi connectivity index (χ0n) is 12.2. The fourth-order valence-corrected chi connectivity index (χ4v) is 2.55. The first-order chi connectivity index (χ1) is 11.3. The van der Waals surface area contributed by atoms with Crippen molar-refractivity contribution in [3.8, 4) is 22.5 Å². The van der Waals surface area contributed by atoms with Gasteiger partial charge in [-0.2, -0.15) is 0 Å². The van der Waals surface area contributed by atoms with Gasteiger partial charge in [0.15, 0.2) is 0 Å². The highest BCUT2D eigenvalue weighted by molar-refractivity contribution is 5.87. The predicted octanol–water partition coefficient (Wildman–Crippen LogP) is 3.34. The second kappa shape index (κ2) is 5.46. The molecule has 4 aromatic rings. The molecule has 0 atom stereocenters. The molecule has 0 bridgehead atoms. The van der Waals surface area contributed by atoms with Crippen molar-refractivity contribution in [1.29, 1.82) is 0 Å². The summed E-state index contributed by atoms with van der Waals surface area (Å²) in [6.07, 6.45) is 6.82. The summed E-state index contributed by atoms with van der Waals surface area (Å²) < 4.78 is 0. The van der Waals surface area contributed by atoms with E-state index in [0.29, 0.717) is 5.82 Å². The van der Waals surface area contributed by atoms with Gasteiger partial charge in [-0.25, -0.2) is 4.98 Å². The maximum absolute atomic E-state index is 5.83. The molecular formula is C18H13N5. The Labute approximate surface area is 132 Å². The lowest BCUT2D eigenvalue weighted by molar-refractivity contribution is 1.21. The smallest absolute Gasteiger partial charge is 0.142 e. The fourth-order valence-electron chi connectivity index (χ4n) is 2.55. The van der Waals surface area contributed by atoms with Crippen LogP contribution in [-0.2, 0) is 0 Å². The number of nitrogens with two attached hydrogens (primary N) is 1. The molecule has 0 amide bonds. The lowest BCUT2D eigenvalue weighted by Gasteiger charge is -2.09. The molecule has 1 aromatic carbocycles. The van der Waals surface area contributed by atoms with E-state index in [9.17, 15) is 0 Å². The molecule has 0 spiro atoms. The molecule has 110 valence electrons. The van der Waals surface area contributed by atoms with Crippen molar-refractivity contribution in [2.24, 2.45) is 0 Å². The van der Waals surface area contributed by atoms with Gasteiger partial charge in [0.25, 0.3) is 0 Å². The van der Waals surface area contributed by atoms with Crippen molar-refractivity contribution in [2.45, 2.75) is 0 Å². The Hall–Kier alpha value is -3.34. The van der Waals surface area contributed by atoms with Gasteiger partial charge in [-0.1, -0.05) is 12.1 Å². The Balaban J connectivity index is 1.94. The monoisotopic (exact) mass is 299 g/mol. The van der Waals surface area contributed by atoms with E-state index in [1.165, 1.54) is 0 Å². The molecular weight excluding hydrogens is 286 g/mol. The fraction of sp³-hybridized carbons (Fsp3) is 0. The summed E-state index contributed by atoms with van der Waals surface area (Å²) in [5.74, 6) is 0.392. The Morgan fingerprint density at radius 3 is 2.52 bits per heavy atom. The van der Waals surface area contributed by atoms with Crippen LogP contribution in [-0.4, -0.2) is 19.9 Å². The van der Waals surface area contributed by atoms with Gasteiger partial charge in [-0.05, 0) is 30.3 Å². The molecule has 23 heavy (non-hydrogen) atoms.